The van der Waals surface area contributed by atoms with E-state index in [9.17, 15) is 14.4 Å². The molecule has 0 aliphatic carbocycles. The van der Waals surface area contributed by atoms with Gasteiger partial charge in [-0.25, -0.2) is 0 Å². The van der Waals surface area contributed by atoms with Gasteiger partial charge in [-0.15, -0.1) is 0 Å². The average molecular weight is 541 g/mol. The van der Waals surface area contributed by atoms with Gasteiger partial charge >= 0.3 is 17.9 Å². The van der Waals surface area contributed by atoms with Crippen LogP contribution < -0.4 is 0 Å². The summed E-state index contributed by atoms with van der Waals surface area (Å²) in [4.78, 5) is 33.4. The molecule has 0 rings (SSSR count). The third kappa shape index (κ3) is 24.4. The number of quaternary nitrogens is 1. The lowest BCUT2D eigenvalue weighted by molar-refractivity contribution is -0.921. The van der Waals surface area contributed by atoms with E-state index in [-0.39, 0.29) is 43.4 Å². The van der Waals surface area contributed by atoms with Crippen LogP contribution in [0.4, 0.5) is 0 Å². The first-order valence-corrected chi connectivity index (χ1v) is 15.5. The van der Waals surface area contributed by atoms with Crippen LogP contribution in [0.5, 0.6) is 0 Å². The van der Waals surface area contributed by atoms with Crippen LogP contribution in [0.3, 0.4) is 0 Å². The van der Waals surface area contributed by atoms with Crippen molar-refractivity contribution >= 4 is 17.9 Å². The van der Waals surface area contributed by atoms with Gasteiger partial charge in [0.2, 0.25) is 0 Å². The molecule has 0 atom stereocenters. The molecule has 0 aromatic carbocycles. The number of unbranched alkanes of at least 4 members (excludes halogenated alkanes) is 17. The molecular formula is C31H58NO6+. The number of hydrogen-bond donors (Lipinski definition) is 3. The number of nitrogens with zero attached hydrogens (tertiary/aromatic N) is 1. The van der Waals surface area contributed by atoms with Crippen molar-refractivity contribution in [1.29, 1.82) is 0 Å². The number of rotatable bonds is 29. The fourth-order valence-corrected chi connectivity index (χ4v) is 5.01. The van der Waals surface area contributed by atoms with Crippen molar-refractivity contribution in [3.63, 3.8) is 0 Å². The van der Waals surface area contributed by atoms with Crippen LogP contribution in [0.15, 0.2) is 12.2 Å². The van der Waals surface area contributed by atoms with E-state index in [0.717, 1.165) is 12.8 Å². The second-order valence-corrected chi connectivity index (χ2v) is 11.0. The van der Waals surface area contributed by atoms with E-state index in [1.54, 1.807) is 0 Å². The number of hydrogen-bond acceptors (Lipinski definition) is 3. The van der Waals surface area contributed by atoms with Crippen molar-refractivity contribution < 1.29 is 34.2 Å². The van der Waals surface area contributed by atoms with E-state index in [1.807, 2.05) is 6.08 Å². The van der Waals surface area contributed by atoms with Crippen LogP contribution in [0.1, 0.15) is 142 Å². The molecule has 0 aliphatic rings. The van der Waals surface area contributed by atoms with Crippen molar-refractivity contribution in [3.8, 4) is 0 Å². The zero-order valence-electron chi connectivity index (χ0n) is 24.3. The largest absolute Gasteiger partial charge is 0.481 e. The first kappa shape index (κ1) is 36.1. The zero-order chi connectivity index (χ0) is 28.3. The van der Waals surface area contributed by atoms with E-state index < -0.39 is 17.9 Å². The van der Waals surface area contributed by atoms with Gasteiger partial charge in [-0.1, -0.05) is 116 Å². The maximum absolute atomic E-state index is 11.1. The van der Waals surface area contributed by atoms with E-state index in [4.69, 9.17) is 15.3 Å². The molecule has 0 spiro atoms. The standard InChI is InChI=1S/C31H57NO6/c1-2-3-4-5-6-7-8-9-10-11-12-13-14-15-16-17-18-19-20-21-25-32(26-22-29(33)34,27-23-30(35)36)28-24-31(37)38/h20-21H,2-19,22-28H2,1H3,(H2-,33,34,35,36,37,38)/p+1/b21-20+. The molecule has 0 saturated heterocycles. The van der Waals surface area contributed by atoms with Gasteiger partial charge in [-0.2, -0.15) is 0 Å². The Hall–Kier alpha value is -1.89. The number of allylic oxidation sites excluding steroid dienone is 1. The van der Waals surface area contributed by atoms with Crippen molar-refractivity contribution in [2.75, 3.05) is 26.2 Å². The molecule has 38 heavy (non-hydrogen) atoms. The molecule has 0 amide bonds. The van der Waals surface area contributed by atoms with Crippen molar-refractivity contribution in [2.24, 2.45) is 0 Å². The Morgan fingerprint density at radius 1 is 0.500 bits per heavy atom. The van der Waals surface area contributed by atoms with Crippen LogP contribution >= 0.6 is 0 Å². The minimum Gasteiger partial charge on any atom is -0.481 e. The van der Waals surface area contributed by atoms with Crippen LogP contribution in [-0.2, 0) is 14.4 Å². The normalized spacial score (nSPS) is 11.8. The van der Waals surface area contributed by atoms with E-state index in [1.165, 1.54) is 103 Å². The molecule has 0 fully saturated rings. The Kier molecular flexibility index (Phi) is 24.1. The summed E-state index contributed by atoms with van der Waals surface area (Å²) >= 11 is 0. The second-order valence-electron chi connectivity index (χ2n) is 11.0. The van der Waals surface area contributed by atoms with E-state index in [0.29, 0.717) is 6.54 Å². The molecule has 222 valence electrons. The van der Waals surface area contributed by atoms with Gasteiger partial charge in [0.1, 0.15) is 0 Å². The van der Waals surface area contributed by atoms with Crippen molar-refractivity contribution in [1.82, 2.24) is 0 Å². The summed E-state index contributed by atoms with van der Waals surface area (Å²) < 4.78 is 0.181. The van der Waals surface area contributed by atoms with Crippen molar-refractivity contribution in [3.05, 3.63) is 12.2 Å². The van der Waals surface area contributed by atoms with Gasteiger partial charge in [0.15, 0.2) is 0 Å². The zero-order valence-corrected chi connectivity index (χ0v) is 24.3. The Balaban J connectivity index is 3.96. The molecule has 3 N–H and O–H groups in total. The van der Waals surface area contributed by atoms with Gasteiger partial charge in [-0.3, -0.25) is 14.4 Å². The summed E-state index contributed by atoms with van der Waals surface area (Å²) in [6.07, 6.45) is 27.5. The Morgan fingerprint density at radius 2 is 0.816 bits per heavy atom. The van der Waals surface area contributed by atoms with Crippen LogP contribution in [0, 0.1) is 0 Å². The molecule has 0 unspecified atom stereocenters. The highest BCUT2D eigenvalue weighted by molar-refractivity contribution is 5.67. The highest BCUT2D eigenvalue weighted by Gasteiger charge is 2.28. The summed E-state index contributed by atoms with van der Waals surface area (Å²) in [6, 6.07) is 0. The SMILES string of the molecule is CCCCCCCCCCCCCCCCCCC/C=C/C[N+](CCC(=O)O)(CCC(=O)O)CCC(=O)O. The smallest absolute Gasteiger partial charge is 0.309 e. The summed E-state index contributed by atoms with van der Waals surface area (Å²) in [5.41, 5.74) is 0. The van der Waals surface area contributed by atoms with E-state index in [2.05, 4.69) is 13.0 Å². The quantitative estimate of drug-likeness (QED) is 0.0506. The van der Waals surface area contributed by atoms with Crippen molar-refractivity contribution in [2.45, 2.75) is 142 Å². The minimum atomic E-state index is -0.953. The molecule has 0 heterocycles. The molecule has 0 bridgehead atoms. The third-order valence-electron chi connectivity index (χ3n) is 7.53. The van der Waals surface area contributed by atoms with Gasteiger partial charge in [0.25, 0.3) is 0 Å². The highest BCUT2D eigenvalue weighted by atomic mass is 16.4. The molecule has 7 nitrogen and oxygen atoms in total. The molecule has 0 aliphatic heterocycles. The minimum absolute atomic E-state index is 0.105. The molecule has 7 heteroatoms. The van der Waals surface area contributed by atoms with Gasteiger partial charge in [0, 0.05) is 0 Å². The van der Waals surface area contributed by atoms with Gasteiger partial charge < -0.3 is 19.8 Å². The molecule has 0 aromatic heterocycles. The first-order valence-electron chi connectivity index (χ1n) is 15.5. The molecule has 0 aromatic rings. The number of carboxylic acid groups (broad SMARTS) is 3. The fourth-order valence-electron chi connectivity index (χ4n) is 5.01. The third-order valence-corrected chi connectivity index (χ3v) is 7.53. The molecule has 0 saturated carbocycles. The maximum Gasteiger partial charge on any atom is 0.309 e. The summed E-state index contributed by atoms with van der Waals surface area (Å²) in [6.45, 7) is 3.44. The monoisotopic (exact) mass is 540 g/mol. The fraction of sp³-hybridized carbons (Fsp3) is 0.839. The summed E-state index contributed by atoms with van der Waals surface area (Å²) in [7, 11) is 0. The number of aliphatic carboxylic acids is 3. The Bertz CT molecular complexity index is 588. The van der Waals surface area contributed by atoms with Gasteiger partial charge in [0.05, 0.1) is 45.4 Å². The predicted molar refractivity (Wildman–Crippen MR) is 154 cm³/mol. The Labute approximate surface area is 232 Å². The van der Waals surface area contributed by atoms with E-state index >= 15 is 0 Å². The Morgan fingerprint density at radius 3 is 1.13 bits per heavy atom. The summed E-state index contributed by atoms with van der Waals surface area (Å²) in [5.74, 6) is -2.86. The van der Waals surface area contributed by atoms with Gasteiger partial charge in [-0.05, 0) is 18.9 Å². The highest BCUT2D eigenvalue weighted by Crippen LogP contribution is 2.16. The lowest BCUT2D eigenvalue weighted by Gasteiger charge is -2.37. The topological polar surface area (TPSA) is 112 Å². The molecule has 0 radical (unpaired) electrons. The van der Waals surface area contributed by atoms with Crippen LogP contribution in [0.2, 0.25) is 0 Å². The van der Waals surface area contributed by atoms with Crippen LogP contribution in [0.25, 0.3) is 0 Å². The number of carbonyl (C=O) groups is 3. The summed E-state index contributed by atoms with van der Waals surface area (Å²) in [5, 5.41) is 27.3. The maximum atomic E-state index is 11.1. The predicted octanol–water partition coefficient (Wildman–Crippen LogP) is 7.83. The molecular weight excluding hydrogens is 482 g/mol. The second kappa shape index (κ2) is 25.4. The lowest BCUT2D eigenvalue weighted by Crippen LogP contribution is -2.51. The van der Waals surface area contributed by atoms with Crippen LogP contribution in [-0.4, -0.2) is 63.9 Å². The lowest BCUT2D eigenvalue weighted by atomic mass is 10.0. The average Bonchev–Trinajstić information content (AvgIpc) is 2.88. The first-order chi connectivity index (χ1) is 18.3. The number of carboxylic acids is 3.